The summed E-state index contributed by atoms with van der Waals surface area (Å²) < 4.78 is 12.9. The molecule has 0 aliphatic carbocycles. The minimum absolute atomic E-state index is 0.0644. The van der Waals surface area contributed by atoms with Crippen molar-refractivity contribution in [2.24, 2.45) is 0 Å². The molecule has 7 nitrogen and oxygen atoms in total. The molecule has 0 amide bonds. The third kappa shape index (κ3) is 4.43. The van der Waals surface area contributed by atoms with Gasteiger partial charge in [-0.2, -0.15) is 0 Å². The Kier molecular flexibility index (Phi) is 6.23. The Bertz CT molecular complexity index is 1110. The fraction of sp³-hybridized carbons (Fsp3) is 0.304. The summed E-state index contributed by atoms with van der Waals surface area (Å²) in [5.74, 6) is 0. The van der Waals surface area contributed by atoms with Crippen LogP contribution in [0, 0.1) is 0 Å². The Morgan fingerprint density at radius 3 is 2.50 bits per heavy atom. The van der Waals surface area contributed by atoms with E-state index in [-0.39, 0.29) is 19.3 Å². The number of aliphatic hydroxyl groups excluding tert-OH is 1. The monoisotopic (exact) mass is 408 g/mol. The van der Waals surface area contributed by atoms with Crippen LogP contribution in [0.25, 0.3) is 11.1 Å². The highest BCUT2D eigenvalue weighted by atomic mass is 16.5. The molecule has 1 fully saturated rings. The maximum atomic E-state index is 12.2. The van der Waals surface area contributed by atoms with Gasteiger partial charge in [0.05, 0.1) is 31.5 Å². The number of rotatable bonds is 7. The first-order chi connectivity index (χ1) is 14.7. The summed E-state index contributed by atoms with van der Waals surface area (Å²) in [7, 11) is 0. The lowest BCUT2D eigenvalue weighted by molar-refractivity contribution is -0.0250. The molecule has 2 N–H and O–H groups in total. The molecule has 3 aromatic rings. The summed E-state index contributed by atoms with van der Waals surface area (Å²) >= 11 is 0. The van der Waals surface area contributed by atoms with Crippen LogP contribution in [0.15, 0.2) is 70.4 Å². The highest BCUT2D eigenvalue weighted by Crippen LogP contribution is 2.27. The third-order valence-electron chi connectivity index (χ3n) is 5.26. The first-order valence-electron chi connectivity index (χ1n) is 9.97. The van der Waals surface area contributed by atoms with Gasteiger partial charge in [0.25, 0.3) is 5.56 Å². The van der Waals surface area contributed by atoms with E-state index in [1.165, 1.54) is 10.8 Å². The van der Waals surface area contributed by atoms with E-state index in [0.717, 1.165) is 16.7 Å². The number of aliphatic hydroxyl groups is 1. The molecule has 1 saturated heterocycles. The molecule has 0 spiro atoms. The number of nitrogens with one attached hydrogen (secondary N) is 1. The fourth-order valence-corrected chi connectivity index (χ4v) is 3.69. The van der Waals surface area contributed by atoms with E-state index in [4.69, 9.17) is 9.47 Å². The van der Waals surface area contributed by atoms with Crippen molar-refractivity contribution in [3.63, 3.8) is 0 Å². The highest BCUT2D eigenvalue weighted by Gasteiger charge is 2.27. The summed E-state index contributed by atoms with van der Waals surface area (Å²) in [4.78, 5) is 26.8. The average Bonchev–Trinajstić information content (AvgIpc) is 3.25. The SMILES string of the molecule is O=c1[nH]c(=O)n([C@H]2CC[C@@H](CO)O2)cc1COCc1ccccc1-c1ccccc1. The summed E-state index contributed by atoms with van der Waals surface area (Å²) in [5.41, 5.74) is 2.54. The zero-order valence-corrected chi connectivity index (χ0v) is 16.5. The zero-order chi connectivity index (χ0) is 20.9. The van der Waals surface area contributed by atoms with Gasteiger partial charge in [-0.05, 0) is 29.5 Å². The van der Waals surface area contributed by atoms with Crippen molar-refractivity contribution in [2.75, 3.05) is 6.61 Å². The van der Waals surface area contributed by atoms with Gasteiger partial charge in [-0.25, -0.2) is 4.79 Å². The summed E-state index contributed by atoms with van der Waals surface area (Å²) in [5, 5.41) is 9.24. The quantitative estimate of drug-likeness (QED) is 0.627. The summed E-state index contributed by atoms with van der Waals surface area (Å²) in [6, 6.07) is 18.0. The number of aromatic amines is 1. The lowest BCUT2D eigenvalue weighted by Gasteiger charge is -2.16. The van der Waals surface area contributed by atoms with E-state index < -0.39 is 17.5 Å². The molecule has 1 aliphatic rings. The molecule has 156 valence electrons. The number of nitrogens with zero attached hydrogens (tertiary/aromatic N) is 1. The van der Waals surface area contributed by atoms with Gasteiger partial charge >= 0.3 is 5.69 Å². The molecule has 0 radical (unpaired) electrons. The zero-order valence-electron chi connectivity index (χ0n) is 16.5. The van der Waals surface area contributed by atoms with Gasteiger partial charge in [0, 0.05) is 6.20 Å². The minimum atomic E-state index is -0.526. The molecule has 0 unspecified atom stereocenters. The van der Waals surface area contributed by atoms with Gasteiger partial charge in [0.2, 0.25) is 0 Å². The number of hydrogen-bond acceptors (Lipinski definition) is 5. The minimum Gasteiger partial charge on any atom is -0.394 e. The molecule has 2 atom stereocenters. The average molecular weight is 408 g/mol. The maximum absolute atomic E-state index is 12.2. The van der Waals surface area contributed by atoms with Gasteiger partial charge in [-0.1, -0.05) is 54.6 Å². The molecule has 7 heteroatoms. The molecule has 1 aliphatic heterocycles. The topological polar surface area (TPSA) is 93.6 Å². The molecule has 0 saturated carbocycles. The maximum Gasteiger partial charge on any atom is 0.330 e. The van der Waals surface area contributed by atoms with Gasteiger partial charge < -0.3 is 14.6 Å². The van der Waals surface area contributed by atoms with Crippen molar-refractivity contribution in [3.8, 4) is 11.1 Å². The van der Waals surface area contributed by atoms with Crippen LogP contribution in [0.2, 0.25) is 0 Å². The molecular formula is C23H24N2O5. The van der Waals surface area contributed by atoms with Crippen LogP contribution >= 0.6 is 0 Å². The molecule has 2 aromatic carbocycles. The predicted octanol–water partition coefficient (Wildman–Crippen LogP) is 2.59. The second kappa shape index (κ2) is 9.21. The fourth-order valence-electron chi connectivity index (χ4n) is 3.69. The van der Waals surface area contributed by atoms with Gasteiger partial charge in [-0.3, -0.25) is 14.3 Å². The van der Waals surface area contributed by atoms with E-state index in [1.807, 2.05) is 54.6 Å². The second-order valence-electron chi connectivity index (χ2n) is 7.31. The van der Waals surface area contributed by atoms with Crippen LogP contribution in [0.1, 0.15) is 30.2 Å². The van der Waals surface area contributed by atoms with Gasteiger partial charge in [-0.15, -0.1) is 0 Å². The Morgan fingerprint density at radius 1 is 1.00 bits per heavy atom. The van der Waals surface area contributed by atoms with E-state index in [9.17, 15) is 14.7 Å². The van der Waals surface area contributed by atoms with Crippen LogP contribution in [0.5, 0.6) is 0 Å². The highest BCUT2D eigenvalue weighted by molar-refractivity contribution is 5.67. The van der Waals surface area contributed by atoms with Gasteiger partial charge in [0.15, 0.2) is 0 Å². The first kappa shape index (κ1) is 20.3. The Balaban J connectivity index is 1.48. The summed E-state index contributed by atoms with van der Waals surface area (Å²) in [6.45, 7) is 0.302. The lowest BCUT2D eigenvalue weighted by atomic mass is 10.0. The number of hydrogen-bond donors (Lipinski definition) is 2. The van der Waals surface area contributed by atoms with Crippen molar-refractivity contribution >= 4 is 0 Å². The number of benzene rings is 2. The van der Waals surface area contributed by atoms with Crippen LogP contribution in [-0.4, -0.2) is 27.4 Å². The van der Waals surface area contributed by atoms with E-state index in [1.54, 1.807) is 0 Å². The second-order valence-corrected chi connectivity index (χ2v) is 7.31. The molecular weight excluding hydrogens is 384 g/mol. The van der Waals surface area contributed by atoms with Crippen LogP contribution in [-0.2, 0) is 22.7 Å². The molecule has 1 aromatic heterocycles. The van der Waals surface area contributed by atoms with E-state index >= 15 is 0 Å². The standard InChI is InChI=1S/C23H24N2O5/c26-13-19-10-11-21(30-19)25-12-18(22(27)24-23(25)28)15-29-14-17-8-4-5-9-20(17)16-6-2-1-3-7-16/h1-9,12,19,21,26H,10-11,13-15H2,(H,24,27,28)/t19-,21+/m0/s1. The lowest BCUT2D eigenvalue weighted by Crippen LogP contribution is -2.34. The van der Waals surface area contributed by atoms with Gasteiger partial charge in [0.1, 0.15) is 6.23 Å². The predicted molar refractivity (Wildman–Crippen MR) is 112 cm³/mol. The normalized spacial score (nSPS) is 18.6. The largest absolute Gasteiger partial charge is 0.394 e. The van der Waals surface area contributed by atoms with Crippen LogP contribution in [0.4, 0.5) is 0 Å². The number of aromatic nitrogens is 2. The number of ether oxygens (including phenoxy) is 2. The van der Waals surface area contributed by atoms with E-state index in [2.05, 4.69) is 4.98 Å². The van der Waals surface area contributed by atoms with Crippen molar-refractivity contribution in [1.82, 2.24) is 9.55 Å². The Labute approximate surface area is 173 Å². The van der Waals surface area contributed by atoms with Crippen LogP contribution in [0.3, 0.4) is 0 Å². The number of H-pyrrole nitrogens is 1. The smallest absolute Gasteiger partial charge is 0.330 e. The molecule has 30 heavy (non-hydrogen) atoms. The molecule has 4 rings (SSSR count). The van der Waals surface area contributed by atoms with E-state index in [0.29, 0.717) is 25.0 Å². The molecule has 0 bridgehead atoms. The van der Waals surface area contributed by atoms with Crippen molar-refractivity contribution in [3.05, 3.63) is 92.8 Å². The van der Waals surface area contributed by atoms with Crippen molar-refractivity contribution in [2.45, 2.75) is 38.4 Å². The first-order valence-corrected chi connectivity index (χ1v) is 9.97. The third-order valence-corrected chi connectivity index (χ3v) is 5.26. The molecule has 2 heterocycles. The Hall–Kier alpha value is -3.00. The van der Waals surface area contributed by atoms with Crippen molar-refractivity contribution < 1.29 is 14.6 Å². The Morgan fingerprint density at radius 2 is 1.73 bits per heavy atom. The summed E-state index contributed by atoms with van der Waals surface area (Å²) in [6.07, 6.45) is 1.97. The van der Waals surface area contributed by atoms with Crippen molar-refractivity contribution in [1.29, 1.82) is 0 Å². The van der Waals surface area contributed by atoms with Crippen LogP contribution < -0.4 is 11.2 Å².